The van der Waals surface area contributed by atoms with Gasteiger partial charge in [0.15, 0.2) is 0 Å². The molecule has 0 aromatic heterocycles. The van der Waals surface area contributed by atoms with E-state index in [1.807, 2.05) is 6.07 Å². The molecular weight excluding hydrogens is 324 g/mol. The van der Waals surface area contributed by atoms with Crippen molar-refractivity contribution in [1.29, 1.82) is 0 Å². The van der Waals surface area contributed by atoms with Crippen LogP contribution in [0.1, 0.15) is 37.7 Å². The van der Waals surface area contributed by atoms with Crippen LogP contribution in [-0.4, -0.2) is 22.2 Å². The lowest BCUT2D eigenvalue weighted by molar-refractivity contribution is -0.385. The Morgan fingerprint density at radius 1 is 1.35 bits per heavy atom. The van der Waals surface area contributed by atoms with Crippen LogP contribution in [0.5, 0.6) is 0 Å². The van der Waals surface area contributed by atoms with Crippen LogP contribution in [-0.2, 0) is 6.54 Å². The predicted molar refractivity (Wildman–Crippen MR) is 80.5 cm³/mol. The molecule has 1 aromatic rings. The molecule has 0 aliphatic heterocycles. The normalized spacial score (nSPS) is 23.3. The summed E-state index contributed by atoms with van der Waals surface area (Å²) in [7, 11) is 0. The van der Waals surface area contributed by atoms with Gasteiger partial charge in [-0.2, -0.15) is 0 Å². The second-order valence-corrected chi connectivity index (χ2v) is 5.99. The first-order valence-corrected chi connectivity index (χ1v) is 7.72. The molecule has 20 heavy (non-hydrogen) atoms. The summed E-state index contributed by atoms with van der Waals surface area (Å²) in [5, 5.41) is 24.3. The van der Waals surface area contributed by atoms with Crippen LogP contribution in [0, 0.1) is 10.1 Å². The second-order valence-electron chi connectivity index (χ2n) is 5.20. The van der Waals surface area contributed by atoms with E-state index in [0.29, 0.717) is 11.0 Å². The number of nitrogens with zero attached hydrogens (tertiary/aromatic N) is 1. The lowest BCUT2D eigenvalue weighted by Crippen LogP contribution is -2.38. The van der Waals surface area contributed by atoms with Crippen molar-refractivity contribution in [3.63, 3.8) is 0 Å². The maximum atomic E-state index is 10.9. The summed E-state index contributed by atoms with van der Waals surface area (Å²) in [6, 6.07) is 5.09. The number of benzene rings is 1. The Kier molecular flexibility index (Phi) is 5.51. The van der Waals surface area contributed by atoms with E-state index in [1.54, 1.807) is 6.07 Å². The standard InChI is InChI=1S/C14H19BrN2O3/c15-14-10(5-4-7-12(14)17(19)20)9-16-11-6-2-1-3-8-13(11)18/h4-5,7,11,13,16,18H,1-3,6,8-9H2. The molecule has 1 aliphatic rings. The van der Waals surface area contributed by atoms with E-state index in [1.165, 1.54) is 6.07 Å². The minimum Gasteiger partial charge on any atom is -0.392 e. The van der Waals surface area contributed by atoms with Gasteiger partial charge in [-0.15, -0.1) is 0 Å². The number of hydrogen-bond acceptors (Lipinski definition) is 4. The minimum atomic E-state index is -0.395. The van der Waals surface area contributed by atoms with Gasteiger partial charge in [0, 0.05) is 18.7 Å². The molecule has 0 spiro atoms. The summed E-state index contributed by atoms with van der Waals surface area (Å²) in [4.78, 5) is 10.5. The smallest absolute Gasteiger partial charge is 0.283 e. The molecule has 2 rings (SSSR count). The molecule has 0 bridgehead atoms. The van der Waals surface area contributed by atoms with Gasteiger partial charge in [-0.3, -0.25) is 10.1 Å². The Balaban J connectivity index is 2.03. The van der Waals surface area contributed by atoms with Crippen LogP contribution in [0.25, 0.3) is 0 Å². The summed E-state index contributed by atoms with van der Waals surface area (Å²) in [5.41, 5.74) is 0.918. The monoisotopic (exact) mass is 342 g/mol. The van der Waals surface area contributed by atoms with Crippen molar-refractivity contribution < 1.29 is 10.0 Å². The van der Waals surface area contributed by atoms with E-state index in [4.69, 9.17) is 0 Å². The van der Waals surface area contributed by atoms with Crippen LogP contribution >= 0.6 is 15.9 Å². The molecule has 6 heteroatoms. The summed E-state index contributed by atoms with van der Waals surface area (Å²) in [6.07, 6.45) is 4.80. The predicted octanol–water partition coefficient (Wildman–Crippen LogP) is 3.14. The second kappa shape index (κ2) is 7.15. The van der Waals surface area contributed by atoms with E-state index in [2.05, 4.69) is 21.2 Å². The molecule has 1 aliphatic carbocycles. The van der Waals surface area contributed by atoms with Gasteiger partial charge in [-0.1, -0.05) is 31.4 Å². The topological polar surface area (TPSA) is 75.4 Å². The zero-order valence-electron chi connectivity index (χ0n) is 11.2. The van der Waals surface area contributed by atoms with Crippen LogP contribution < -0.4 is 5.32 Å². The number of nitrogens with one attached hydrogen (secondary N) is 1. The first-order chi connectivity index (χ1) is 9.59. The number of aliphatic hydroxyl groups excluding tert-OH is 1. The van der Waals surface area contributed by atoms with Crippen molar-refractivity contribution in [2.75, 3.05) is 0 Å². The SMILES string of the molecule is O=[N+]([O-])c1cccc(CNC2CCCCCC2O)c1Br. The molecule has 1 aromatic carbocycles. The van der Waals surface area contributed by atoms with Gasteiger partial charge in [0.05, 0.1) is 15.5 Å². The summed E-state index contributed by atoms with van der Waals surface area (Å²) in [6.45, 7) is 0.518. The summed E-state index contributed by atoms with van der Waals surface area (Å²) >= 11 is 3.29. The number of nitro benzene ring substituents is 1. The zero-order valence-corrected chi connectivity index (χ0v) is 12.8. The molecule has 2 atom stereocenters. The number of aliphatic hydroxyl groups is 1. The molecule has 0 heterocycles. The highest BCUT2D eigenvalue weighted by molar-refractivity contribution is 9.10. The molecular formula is C14H19BrN2O3. The van der Waals surface area contributed by atoms with Crippen molar-refractivity contribution in [3.05, 3.63) is 38.3 Å². The highest BCUT2D eigenvalue weighted by Gasteiger charge is 2.22. The number of nitro groups is 1. The highest BCUT2D eigenvalue weighted by Crippen LogP contribution is 2.28. The maximum Gasteiger partial charge on any atom is 0.283 e. The molecule has 2 N–H and O–H groups in total. The summed E-state index contributed by atoms with van der Waals surface area (Å²) < 4.78 is 0.514. The van der Waals surface area contributed by atoms with E-state index in [-0.39, 0.29) is 17.8 Å². The number of rotatable bonds is 4. The van der Waals surface area contributed by atoms with E-state index in [0.717, 1.165) is 37.7 Å². The van der Waals surface area contributed by atoms with E-state index in [9.17, 15) is 15.2 Å². The molecule has 110 valence electrons. The Hall–Kier alpha value is -0.980. The largest absolute Gasteiger partial charge is 0.392 e. The molecule has 0 saturated heterocycles. The summed E-state index contributed by atoms with van der Waals surface area (Å²) in [5.74, 6) is 0. The highest BCUT2D eigenvalue weighted by atomic mass is 79.9. The fourth-order valence-electron chi connectivity index (χ4n) is 2.61. The van der Waals surface area contributed by atoms with Crippen LogP contribution in [0.2, 0.25) is 0 Å². The Labute approximate surface area is 126 Å². The molecule has 0 radical (unpaired) electrons. The average molecular weight is 343 g/mol. The van der Waals surface area contributed by atoms with Crippen LogP contribution in [0.15, 0.2) is 22.7 Å². The molecule has 1 saturated carbocycles. The van der Waals surface area contributed by atoms with Crippen molar-refractivity contribution in [3.8, 4) is 0 Å². The molecule has 0 amide bonds. The fraction of sp³-hybridized carbons (Fsp3) is 0.571. The van der Waals surface area contributed by atoms with Gasteiger partial charge in [-0.05, 0) is 34.3 Å². The van der Waals surface area contributed by atoms with E-state index < -0.39 is 4.92 Å². The lowest BCUT2D eigenvalue weighted by Gasteiger charge is -2.22. The maximum absolute atomic E-state index is 10.9. The fourth-order valence-corrected chi connectivity index (χ4v) is 3.16. The number of hydrogen-bond donors (Lipinski definition) is 2. The van der Waals surface area contributed by atoms with Crippen molar-refractivity contribution in [1.82, 2.24) is 5.32 Å². The molecule has 5 nitrogen and oxygen atoms in total. The zero-order chi connectivity index (χ0) is 14.5. The van der Waals surface area contributed by atoms with Gasteiger partial charge in [0.1, 0.15) is 0 Å². The van der Waals surface area contributed by atoms with Gasteiger partial charge < -0.3 is 10.4 Å². The minimum absolute atomic E-state index is 0.0728. The Morgan fingerprint density at radius 2 is 2.10 bits per heavy atom. The van der Waals surface area contributed by atoms with Gasteiger partial charge in [0.25, 0.3) is 5.69 Å². The van der Waals surface area contributed by atoms with Crippen molar-refractivity contribution in [2.24, 2.45) is 0 Å². The average Bonchev–Trinajstić information content (AvgIpc) is 2.62. The first-order valence-electron chi connectivity index (χ1n) is 6.93. The lowest BCUT2D eigenvalue weighted by atomic mass is 10.1. The molecule has 1 fully saturated rings. The third-order valence-electron chi connectivity index (χ3n) is 3.79. The van der Waals surface area contributed by atoms with Gasteiger partial charge in [-0.25, -0.2) is 0 Å². The Morgan fingerprint density at radius 3 is 2.85 bits per heavy atom. The van der Waals surface area contributed by atoms with Crippen LogP contribution in [0.3, 0.4) is 0 Å². The third-order valence-corrected chi connectivity index (χ3v) is 4.70. The third kappa shape index (κ3) is 3.77. The Bertz CT molecular complexity index is 481. The number of halogens is 1. The van der Waals surface area contributed by atoms with Gasteiger partial charge >= 0.3 is 0 Å². The van der Waals surface area contributed by atoms with Crippen molar-refractivity contribution >= 4 is 21.6 Å². The van der Waals surface area contributed by atoms with Crippen molar-refractivity contribution in [2.45, 2.75) is 50.8 Å². The van der Waals surface area contributed by atoms with Gasteiger partial charge in [0.2, 0.25) is 0 Å². The van der Waals surface area contributed by atoms with Crippen LogP contribution in [0.4, 0.5) is 5.69 Å². The quantitative estimate of drug-likeness (QED) is 0.500. The first kappa shape index (κ1) is 15.4. The molecule has 2 unspecified atom stereocenters. The van der Waals surface area contributed by atoms with E-state index >= 15 is 0 Å².